The molecule has 19 heavy (non-hydrogen) atoms. The summed E-state index contributed by atoms with van der Waals surface area (Å²) in [5, 5.41) is 0.908. The van der Waals surface area contributed by atoms with Gasteiger partial charge in [0.15, 0.2) is 16.6 Å². The molecule has 0 aliphatic carbocycles. The predicted octanol–water partition coefficient (Wildman–Crippen LogP) is 3.37. The predicted molar refractivity (Wildman–Crippen MR) is 69.1 cm³/mol. The summed E-state index contributed by atoms with van der Waals surface area (Å²) in [5.41, 5.74) is 2.75. The number of fused-ring (bicyclic) bond motifs is 1. The maximum absolute atomic E-state index is 13.6. The van der Waals surface area contributed by atoms with Crippen molar-refractivity contribution in [1.29, 1.82) is 0 Å². The zero-order chi connectivity index (χ0) is 13.4. The second-order valence-corrected chi connectivity index (χ2v) is 4.42. The molecule has 1 atom stereocenters. The molecule has 6 heteroatoms. The fraction of sp³-hybridized carbons (Fsp3) is 0.0769. The molecule has 3 aromatic rings. The highest BCUT2D eigenvalue weighted by molar-refractivity contribution is 6.28. The second kappa shape index (κ2) is 4.70. The van der Waals surface area contributed by atoms with Crippen LogP contribution in [-0.4, -0.2) is 0 Å². The SMILES string of the molecule is NNC(c1ccc(Cl)o1)c1cc2cccc(F)c2o1. The highest BCUT2D eigenvalue weighted by Crippen LogP contribution is 2.30. The molecular weight excluding hydrogens is 271 g/mol. The Labute approximate surface area is 112 Å². The number of nitrogens with one attached hydrogen (secondary N) is 1. The van der Waals surface area contributed by atoms with E-state index >= 15 is 0 Å². The maximum atomic E-state index is 13.6. The third kappa shape index (κ3) is 2.12. The van der Waals surface area contributed by atoms with Gasteiger partial charge in [-0.05, 0) is 35.9 Å². The van der Waals surface area contributed by atoms with Crippen molar-refractivity contribution in [1.82, 2.24) is 5.43 Å². The molecule has 0 radical (unpaired) electrons. The molecule has 2 heterocycles. The molecule has 0 fully saturated rings. The van der Waals surface area contributed by atoms with Gasteiger partial charge in [-0.2, -0.15) is 0 Å². The Morgan fingerprint density at radius 2 is 2.00 bits per heavy atom. The highest BCUT2D eigenvalue weighted by atomic mass is 35.5. The number of halogens is 2. The number of benzene rings is 1. The van der Waals surface area contributed by atoms with Crippen molar-refractivity contribution in [2.75, 3.05) is 0 Å². The Hall–Kier alpha value is -1.82. The van der Waals surface area contributed by atoms with Crippen LogP contribution in [0.3, 0.4) is 0 Å². The molecule has 98 valence electrons. The van der Waals surface area contributed by atoms with Crippen LogP contribution in [0.25, 0.3) is 11.0 Å². The number of nitrogens with two attached hydrogens (primary N) is 1. The van der Waals surface area contributed by atoms with Gasteiger partial charge >= 0.3 is 0 Å². The fourth-order valence-corrected chi connectivity index (χ4v) is 2.13. The van der Waals surface area contributed by atoms with Crippen LogP contribution < -0.4 is 11.3 Å². The van der Waals surface area contributed by atoms with Crippen LogP contribution in [-0.2, 0) is 0 Å². The van der Waals surface area contributed by atoms with Gasteiger partial charge in [0.1, 0.15) is 17.6 Å². The lowest BCUT2D eigenvalue weighted by molar-refractivity contribution is 0.401. The van der Waals surface area contributed by atoms with E-state index in [1.54, 1.807) is 30.3 Å². The summed E-state index contributed by atoms with van der Waals surface area (Å²) >= 11 is 5.73. The van der Waals surface area contributed by atoms with Crippen LogP contribution in [0.4, 0.5) is 4.39 Å². The minimum absolute atomic E-state index is 0.190. The van der Waals surface area contributed by atoms with E-state index in [9.17, 15) is 4.39 Å². The molecule has 0 saturated heterocycles. The lowest BCUT2D eigenvalue weighted by atomic mass is 10.1. The summed E-state index contributed by atoms with van der Waals surface area (Å²) in [6.45, 7) is 0. The van der Waals surface area contributed by atoms with E-state index in [1.165, 1.54) is 6.07 Å². The molecule has 1 unspecified atom stereocenters. The number of para-hydroxylation sites is 1. The van der Waals surface area contributed by atoms with Gasteiger partial charge in [-0.25, -0.2) is 9.82 Å². The number of furan rings is 2. The smallest absolute Gasteiger partial charge is 0.193 e. The van der Waals surface area contributed by atoms with Crippen LogP contribution in [0.5, 0.6) is 0 Å². The largest absolute Gasteiger partial charge is 0.456 e. The van der Waals surface area contributed by atoms with Gasteiger partial charge in [-0.15, -0.1) is 0 Å². The Kier molecular flexibility index (Phi) is 3.02. The van der Waals surface area contributed by atoms with Crippen molar-refractivity contribution < 1.29 is 13.2 Å². The first-order valence-corrected chi connectivity index (χ1v) is 5.96. The molecule has 0 bridgehead atoms. The van der Waals surface area contributed by atoms with Crippen LogP contribution in [0.1, 0.15) is 17.6 Å². The number of hydrogen-bond acceptors (Lipinski definition) is 4. The number of hydrogen-bond donors (Lipinski definition) is 2. The molecule has 0 saturated carbocycles. The Morgan fingerprint density at radius 3 is 2.63 bits per heavy atom. The Balaban J connectivity index is 2.09. The zero-order valence-electron chi connectivity index (χ0n) is 9.69. The van der Waals surface area contributed by atoms with Crippen molar-refractivity contribution in [3.63, 3.8) is 0 Å². The quantitative estimate of drug-likeness (QED) is 0.570. The van der Waals surface area contributed by atoms with E-state index in [-0.39, 0.29) is 10.8 Å². The van der Waals surface area contributed by atoms with Crippen molar-refractivity contribution in [3.05, 3.63) is 59.0 Å². The summed E-state index contributed by atoms with van der Waals surface area (Å²) < 4.78 is 24.4. The summed E-state index contributed by atoms with van der Waals surface area (Å²) in [6, 6.07) is 9.17. The van der Waals surface area contributed by atoms with Gasteiger partial charge in [-0.1, -0.05) is 12.1 Å². The van der Waals surface area contributed by atoms with E-state index in [0.717, 1.165) is 0 Å². The first-order valence-electron chi connectivity index (χ1n) is 5.58. The molecule has 0 spiro atoms. The average Bonchev–Trinajstić information content (AvgIpc) is 2.98. The van der Waals surface area contributed by atoms with Gasteiger partial charge in [0.2, 0.25) is 0 Å². The molecular formula is C13H10ClFN2O2. The van der Waals surface area contributed by atoms with Crippen molar-refractivity contribution in [2.45, 2.75) is 6.04 Å². The Bertz CT molecular complexity index is 722. The summed E-state index contributed by atoms with van der Waals surface area (Å²) in [7, 11) is 0. The first-order chi connectivity index (χ1) is 9.19. The van der Waals surface area contributed by atoms with Crippen LogP contribution in [0.2, 0.25) is 5.22 Å². The van der Waals surface area contributed by atoms with E-state index < -0.39 is 11.9 Å². The van der Waals surface area contributed by atoms with Gasteiger partial charge in [0, 0.05) is 5.39 Å². The molecule has 0 amide bonds. The molecule has 4 nitrogen and oxygen atoms in total. The van der Waals surface area contributed by atoms with E-state index in [0.29, 0.717) is 16.9 Å². The van der Waals surface area contributed by atoms with Crippen LogP contribution in [0.15, 0.2) is 45.2 Å². The lowest BCUT2D eigenvalue weighted by Gasteiger charge is -2.09. The van der Waals surface area contributed by atoms with E-state index in [1.807, 2.05) is 0 Å². The summed E-state index contributed by atoms with van der Waals surface area (Å²) in [4.78, 5) is 0. The minimum atomic E-state index is -0.528. The normalized spacial score (nSPS) is 13.0. The second-order valence-electron chi connectivity index (χ2n) is 4.05. The standard InChI is InChI=1S/C13H10ClFN2O2/c14-11-5-4-9(18-11)12(17-16)10-6-7-2-1-3-8(15)13(7)19-10/h1-6,12,17H,16H2. The van der Waals surface area contributed by atoms with Gasteiger partial charge in [-0.3, -0.25) is 5.84 Å². The van der Waals surface area contributed by atoms with Gasteiger partial charge in [0.05, 0.1) is 0 Å². The third-order valence-corrected chi connectivity index (χ3v) is 3.05. The van der Waals surface area contributed by atoms with E-state index in [4.69, 9.17) is 26.3 Å². The van der Waals surface area contributed by atoms with Crippen LogP contribution >= 0.6 is 11.6 Å². The highest BCUT2D eigenvalue weighted by Gasteiger charge is 2.21. The molecule has 3 rings (SSSR count). The lowest BCUT2D eigenvalue weighted by Crippen LogP contribution is -2.28. The Morgan fingerprint density at radius 1 is 1.16 bits per heavy atom. The van der Waals surface area contributed by atoms with Crippen molar-refractivity contribution in [3.8, 4) is 0 Å². The van der Waals surface area contributed by atoms with Gasteiger partial charge in [0.25, 0.3) is 0 Å². The molecule has 3 N–H and O–H groups in total. The topological polar surface area (TPSA) is 64.3 Å². The maximum Gasteiger partial charge on any atom is 0.193 e. The number of hydrazine groups is 1. The zero-order valence-corrected chi connectivity index (χ0v) is 10.4. The molecule has 1 aromatic carbocycles. The van der Waals surface area contributed by atoms with Crippen molar-refractivity contribution >= 4 is 22.6 Å². The number of rotatable bonds is 3. The first kappa shape index (κ1) is 12.2. The van der Waals surface area contributed by atoms with Gasteiger partial charge < -0.3 is 8.83 Å². The summed E-state index contributed by atoms with van der Waals surface area (Å²) in [6.07, 6.45) is 0. The third-order valence-electron chi connectivity index (χ3n) is 2.84. The monoisotopic (exact) mass is 280 g/mol. The fourth-order valence-electron chi connectivity index (χ4n) is 1.98. The van der Waals surface area contributed by atoms with E-state index in [2.05, 4.69) is 5.43 Å². The minimum Gasteiger partial charge on any atom is -0.456 e. The molecule has 0 aliphatic heterocycles. The average molecular weight is 281 g/mol. The van der Waals surface area contributed by atoms with Crippen molar-refractivity contribution in [2.24, 2.45) is 5.84 Å². The van der Waals surface area contributed by atoms with Crippen LogP contribution in [0, 0.1) is 5.82 Å². The molecule has 2 aromatic heterocycles. The summed E-state index contributed by atoms with van der Waals surface area (Å²) in [5.74, 6) is 6.02. The molecule has 0 aliphatic rings.